The lowest BCUT2D eigenvalue weighted by Gasteiger charge is -2.28. The molecule has 1 aliphatic carbocycles. The van der Waals surface area contributed by atoms with Gasteiger partial charge in [-0.05, 0) is 12.3 Å². The van der Waals surface area contributed by atoms with E-state index >= 15 is 0 Å². The van der Waals surface area contributed by atoms with Crippen LogP contribution in [0, 0.1) is 5.92 Å². The number of hydrogen-bond acceptors (Lipinski definition) is 3. The number of aliphatic hydroxyl groups is 1. The van der Waals surface area contributed by atoms with E-state index in [1.807, 2.05) is 0 Å². The van der Waals surface area contributed by atoms with E-state index in [1.165, 1.54) is 19.3 Å². The molecule has 1 saturated carbocycles. The van der Waals surface area contributed by atoms with Gasteiger partial charge in [0.2, 0.25) is 0 Å². The number of hydrogen-bond donors (Lipinski definition) is 1. The Hall–Kier alpha value is -0.120. The maximum atomic E-state index is 9.68. The minimum Gasteiger partial charge on any atom is -0.393 e. The van der Waals surface area contributed by atoms with Gasteiger partial charge in [-0.25, -0.2) is 0 Å². The summed E-state index contributed by atoms with van der Waals surface area (Å²) in [6.45, 7) is 1.36. The van der Waals surface area contributed by atoms with Crippen LogP contribution < -0.4 is 0 Å². The Labute approximate surface area is 79.0 Å². The first-order valence-electron chi connectivity index (χ1n) is 5.26. The van der Waals surface area contributed by atoms with E-state index in [2.05, 4.69) is 0 Å². The van der Waals surface area contributed by atoms with Gasteiger partial charge >= 0.3 is 0 Å². The van der Waals surface area contributed by atoms with Crippen LogP contribution in [0.1, 0.15) is 32.1 Å². The first-order chi connectivity index (χ1) is 6.34. The van der Waals surface area contributed by atoms with E-state index in [-0.39, 0.29) is 12.4 Å². The molecule has 1 unspecified atom stereocenters. The zero-order chi connectivity index (χ0) is 9.10. The SMILES string of the molecule is OC(CC1CCC1)CC1OCCO1. The molecule has 1 saturated heterocycles. The summed E-state index contributed by atoms with van der Waals surface area (Å²) in [6, 6.07) is 0. The first kappa shape index (κ1) is 9.44. The number of ether oxygens (including phenoxy) is 2. The molecule has 3 nitrogen and oxygen atoms in total. The fourth-order valence-electron chi connectivity index (χ4n) is 1.97. The van der Waals surface area contributed by atoms with Gasteiger partial charge in [0.1, 0.15) is 0 Å². The van der Waals surface area contributed by atoms with Gasteiger partial charge in [0.15, 0.2) is 6.29 Å². The van der Waals surface area contributed by atoms with Crippen molar-refractivity contribution in [2.24, 2.45) is 5.92 Å². The highest BCUT2D eigenvalue weighted by molar-refractivity contribution is 4.74. The van der Waals surface area contributed by atoms with Crippen LogP contribution in [0.4, 0.5) is 0 Å². The topological polar surface area (TPSA) is 38.7 Å². The molecular weight excluding hydrogens is 168 g/mol. The molecule has 1 heterocycles. The van der Waals surface area contributed by atoms with Gasteiger partial charge in [0.25, 0.3) is 0 Å². The van der Waals surface area contributed by atoms with Gasteiger partial charge in [0.05, 0.1) is 19.3 Å². The van der Waals surface area contributed by atoms with E-state index < -0.39 is 0 Å². The maximum absolute atomic E-state index is 9.68. The normalized spacial score (nSPS) is 27.5. The molecule has 3 heteroatoms. The van der Waals surface area contributed by atoms with Crippen molar-refractivity contribution in [3.8, 4) is 0 Å². The summed E-state index contributed by atoms with van der Waals surface area (Å²) in [5, 5.41) is 9.68. The maximum Gasteiger partial charge on any atom is 0.160 e. The molecule has 2 rings (SSSR count). The van der Waals surface area contributed by atoms with Gasteiger partial charge in [-0.3, -0.25) is 0 Å². The molecule has 0 spiro atoms. The second-order valence-electron chi connectivity index (χ2n) is 4.09. The zero-order valence-corrected chi connectivity index (χ0v) is 7.95. The molecule has 0 aromatic heterocycles. The average molecular weight is 186 g/mol. The largest absolute Gasteiger partial charge is 0.393 e. The summed E-state index contributed by atoms with van der Waals surface area (Å²) in [7, 11) is 0. The Morgan fingerprint density at radius 3 is 2.38 bits per heavy atom. The second kappa shape index (κ2) is 4.40. The van der Waals surface area contributed by atoms with Crippen LogP contribution in [0.3, 0.4) is 0 Å². The number of aliphatic hydroxyl groups excluding tert-OH is 1. The second-order valence-corrected chi connectivity index (χ2v) is 4.09. The molecule has 2 fully saturated rings. The summed E-state index contributed by atoms with van der Waals surface area (Å²) in [5.41, 5.74) is 0. The van der Waals surface area contributed by atoms with Gasteiger partial charge in [0, 0.05) is 6.42 Å². The minimum absolute atomic E-state index is 0.143. The molecule has 0 amide bonds. The standard InChI is InChI=1S/C10H18O3/c11-9(6-8-2-1-3-8)7-10-12-4-5-13-10/h8-11H,1-7H2. The summed E-state index contributed by atoms with van der Waals surface area (Å²) < 4.78 is 10.5. The molecule has 0 bridgehead atoms. The summed E-state index contributed by atoms with van der Waals surface area (Å²) in [5.74, 6) is 0.761. The van der Waals surface area contributed by atoms with Crippen LogP contribution in [-0.2, 0) is 9.47 Å². The van der Waals surface area contributed by atoms with Crippen LogP contribution >= 0.6 is 0 Å². The Bertz CT molecular complexity index is 150. The van der Waals surface area contributed by atoms with Gasteiger partial charge in [-0.2, -0.15) is 0 Å². The van der Waals surface area contributed by atoms with E-state index in [0.717, 1.165) is 12.3 Å². The quantitative estimate of drug-likeness (QED) is 0.719. The highest BCUT2D eigenvalue weighted by Crippen LogP contribution is 2.31. The fourth-order valence-corrected chi connectivity index (χ4v) is 1.97. The molecule has 13 heavy (non-hydrogen) atoms. The third-order valence-electron chi connectivity index (χ3n) is 2.99. The molecule has 1 aliphatic heterocycles. The van der Waals surface area contributed by atoms with Crippen LogP contribution in [0.2, 0.25) is 0 Å². The van der Waals surface area contributed by atoms with Crippen molar-refractivity contribution < 1.29 is 14.6 Å². The molecule has 1 atom stereocenters. The van der Waals surface area contributed by atoms with Gasteiger partial charge < -0.3 is 14.6 Å². The van der Waals surface area contributed by atoms with Crippen LogP contribution in [0.25, 0.3) is 0 Å². The lowest BCUT2D eigenvalue weighted by atomic mass is 9.81. The molecule has 76 valence electrons. The lowest BCUT2D eigenvalue weighted by molar-refractivity contribution is -0.0744. The lowest BCUT2D eigenvalue weighted by Crippen LogP contribution is -2.24. The molecule has 0 aromatic carbocycles. The molecule has 1 N–H and O–H groups in total. The van der Waals surface area contributed by atoms with Crippen molar-refractivity contribution >= 4 is 0 Å². The predicted molar refractivity (Wildman–Crippen MR) is 48.3 cm³/mol. The van der Waals surface area contributed by atoms with Crippen molar-refractivity contribution in [2.75, 3.05) is 13.2 Å². The van der Waals surface area contributed by atoms with E-state index in [1.54, 1.807) is 0 Å². The summed E-state index contributed by atoms with van der Waals surface area (Å²) in [4.78, 5) is 0. The minimum atomic E-state index is -0.228. The third kappa shape index (κ3) is 2.66. The van der Waals surface area contributed by atoms with Crippen molar-refractivity contribution in [3.05, 3.63) is 0 Å². The highest BCUT2D eigenvalue weighted by atomic mass is 16.7. The summed E-state index contributed by atoms with van der Waals surface area (Å²) in [6.07, 6.45) is 5.14. The van der Waals surface area contributed by atoms with Gasteiger partial charge in [-0.1, -0.05) is 19.3 Å². The van der Waals surface area contributed by atoms with E-state index in [0.29, 0.717) is 19.6 Å². The van der Waals surface area contributed by atoms with Gasteiger partial charge in [-0.15, -0.1) is 0 Å². The molecule has 0 radical (unpaired) electrons. The fraction of sp³-hybridized carbons (Fsp3) is 1.00. The smallest absolute Gasteiger partial charge is 0.160 e. The van der Waals surface area contributed by atoms with E-state index in [4.69, 9.17) is 9.47 Å². The van der Waals surface area contributed by atoms with Crippen molar-refractivity contribution in [1.29, 1.82) is 0 Å². The Morgan fingerprint density at radius 2 is 1.85 bits per heavy atom. The predicted octanol–water partition coefficient (Wildman–Crippen LogP) is 1.30. The Balaban J connectivity index is 1.61. The highest BCUT2D eigenvalue weighted by Gasteiger charge is 2.25. The molecule has 2 aliphatic rings. The molecular formula is C10H18O3. The summed E-state index contributed by atoms with van der Waals surface area (Å²) >= 11 is 0. The third-order valence-corrected chi connectivity index (χ3v) is 2.99. The average Bonchev–Trinajstić information content (AvgIpc) is 2.49. The van der Waals surface area contributed by atoms with Crippen LogP contribution in [0.5, 0.6) is 0 Å². The van der Waals surface area contributed by atoms with Crippen LogP contribution in [-0.4, -0.2) is 30.7 Å². The zero-order valence-electron chi connectivity index (χ0n) is 7.95. The van der Waals surface area contributed by atoms with E-state index in [9.17, 15) is 5.11 Å². The monoisotopic (exact) mass is 186 g/mol. The molecule has 0 aromatic rings. The number of rotatable bonds is 4. The Morgan fingerprint density at radius 1 is 1.15 bits per heavy atom. The Kier molecular flexibility index (Phi) is 3.19. The van der Waals surface area contributed by atoms with Crippen molar-refractivity contribution in [3.63, 3.8) is 0 Å². The van der Waals surface area contributed by atoms with Crippen LogP contribution in [0.15, 0.2) is 0 Å². The first-order valence-corrected chi connectivity index (χ1v) is 5.26. The van der Waals surface area contributed by atoms with Crippen molar-refractivity contribution in [1.82, 2.24) is 0 Å². The van der Waals surface area contributed by atoms with Crippen molar-refractivity contribution in [2.45, 2.75) is 44.5 Å².